The maximum atomic E-state index is 12.7. The largest absolute Gasteiger partial charge is 0.497 e. The standard InChI is InChI=1S/C23H30F2N4O3.HI/c1-26-23(27-12-10-16-14-18(30-2)8-9-20(16)31-3)28-17-11-13-29(15-17)19-6-4-5-7-21(19)32-22(24)25;/h4-9,14,17,22H,10-13,15H2,1-3H3,(H2,26,27,28);1H. The highest BCUT2D eigenvalue weighted by Crippen LogP contribution is 2.31. The summed E-state index contributed by atoms with van der Waals surface area (Å²) in [6.45, 7) is -0.795. The summed E-state index contributed by atoms with van der Waals surface area (Å²) in [6.07, 6.45) is 1.59. The molecule has 0 aliphatic carbocycles. The van der Waals surface area contributed by atoms with Crippen molar-refractivity contribution in [3.63, 3.8) is 0 Å². The van der Waals surface area contributed by atoms with Crippen molar-refractivity contribution in [1.29, 1.82) is 0 Å². The van der Waals surface area contributed by atoms with Gasteiger partial charge in [-0.2, -0.15) is 8.78 Å². The number of guanidine groups is 1. The molecule has 3 rings (SSSR count). The molecule has 1 aliphatic heterocycles. The van der Waals surface area contributed by atoms with E-state index in [0.717, 1.165) is 36.4 Å². The number of alkyl halides is 2. The fourth-order valence-electron chi connectivity index (χ4n) is 3.79. The smallest absolute Gasteiger partial charge is 0.387 e. The Bertz CT molecular complexity index is 917. The third-order valence-corrected chi connectivity index (χ3v) is 5.35. The van der Waals surface area contributed by atoms with E-state index in [1.54, 1.807) is 39.5 Å². The van der Waals surface area contributed by atoms with Crippen LogP contribution in [0.1, 0.15) is 12.0 Å². The highest BCUT2D eigenvalue weighted by molar-refractivity contribution is 14.0. The molecule has 0 radical (unpaired) electrons. The second kappa shape index (κ2) is 13.3. The van der Waals surface area contributed by atoms with Crippen LogP contribution in [0.3, 0.4) is 0 Å². The molecule has 2 N–H and O–H groups in total. The number of nitrogens with zero attached hydrogens (tertiary/aromatic N) is 2. The summed E-state index contributed by atoms with van der Waals surface area (Å²) in [5.41, 5.74) is 1.71. The average molecular weight is 576 g/mol. The quantitative estimate of drug-likeness (QED) is 0.268. The molecular weight excluding hydrogens is 545 g/mol. The van der Waals surface area contributed by atoms with Crippen LogP contribution in [-0.4, -0.2) is 59.5 Å². The zero-order chi connectivity index (χ0) is 22.9. The van der Waals surface area contributed by atoms with Crippen LogP contribution in [0.15, 0.2) is 47.5 Å². The minimum absolute atomic E-state index is 0. The van der Waals surface area contributed by atoms with Crippen LogP contribution in [0.5, 0.6) is 17.2 Å². The molecule has 1 unspecified atom stereocenters. The van der Waals surface area contributed by atoms with Gasteiger partial charge in [-0.1, -0.05) is 12.1 Å². The van der Waals surface area contributed by atoms with E-state index in [1.807, 2.05) is 29.2 Å². The van der Waals surface area contributed by atoms with Crippen molar-refractivity contribution in [2.24, 2.45) is 4.99 Å². The number of halogens is 3. The highest BCUT2D eigenvalue weighted by Gasteiger charge is 2.26. The number of benzene rings is 2. The number of rotatable bonds is 9. The first kappa shape index (κ1) is 26.7. The Morgan fingerprint density at radius 2 is 1.94 bits per heavy atom. The molecular formula is C23H31F2IN4O3. The lowest BCUT2D eigenvalue weighted by molar-refractivity contribution is -0.0495. The van der Waals surface area contributed by atoms with Crippen molar-refractivity contribution >= 4 is 35.6 Å². The Kier molecular flexibility index (Phi) is 10.8. The summed E-state index contributed by atoms with van der Waals surface area (Å²) in [5, 5.41) is 6.74. The molecule has 1 heterocycles. The van der Waals surface area contributed by atoms with E-state index in [0.29, 0.717) is 24.7 Å². The number of para-hydroxylation sites is 2. The second-order valence-electron chi connectivity index (χ2n) is 7.35. The van der Waals surface area contributed by atoms with Gasteiger partial charge in [-0.25, -0.2) is 0 Å². The van der Waals surface area contributed by atoms with Gasteiger partial charge in [0.05, 0.1) is 19.9 Å². The van der Waals surface area contributed by atoms with Gasteiger partial charge < -0.3 is 29.7 Å². The topological polar surface area (TPSA) is 67.4 Å². The van der Waals surface area contributed by atoms with Crippen molar-refractivity contribution in [2.45, 2.75) is 25.5 Å². The van der Waals surface area contributed by atoms with Gasteiger partial charge in [-0.15, -0.1) is 24.0 Å². The van der Waals surface area contributed by atoms with Crippen LogP contribution in [0, 0.1) is 0 Å². The molecule has 0 aromatic heterocycles. The number of hydrogen-bond acceptors (Lipinski definition) is 5. The molecule has 0 spiro atoms. The van der Waals surface area contributed by atoms with E-state index in [1.165, 1.54) is 0 Å². The normalized spacial score (nSPS) is 15.8. The van der Waals surface area contributed by atoms with E-state index in [9.17, 15) is 8.78 Å². The van der Waals surface area contributed by atoms with Gasteiger partial charge in [-0.3, -0.25) is 4.99 Å². The van der Waals surface area contributed by atoms with Crippen LogP contribution in [0.25, 0.3) is 0 Å². The van der Waals surface area contributed by atoms with Crippen LogP contribution in [0.4, 0.5) is 14.5 Å². The Morgan fingerprint density at radius 3 is 2.64 bits per heavy atom. The molecule has 0 amide bonds. The van der Waals surface area contributed by atoms with Crippen molar-refractivity contribution < 1.29 is 23.0 Å². The number of aliphatic imine (C=N–C) groups is 1. The monoisotopic (exact) mass is 576 g/mol. The van der Waals surface area contributed by atoms with E-state index in [4.69, 9.17) is 9.47 Å². The zero-order valence-corrected chi connectivity index (χ0v) is 21.3. The Morgan fingerprint density at radius 1 is 1.15 bits per heavy atom. The Labute approximate surface area is 210 Å². The van der Waals surface area contributed by atoms with Crippen molar-refractivity contribution in [1.82, 2.24) is 10.6 Å². The van der Waals surface area contributed by atoms with E-state index in [2.05, 4.69) is 20.4 Å². The molecule has 1 saturated heterocycles. The fraction of sp³-hybridized carbons (Fsp3) is 0.435. The summed E-state index contributed by atoms with van der Waals surface area (Å²) in [5.74, 6) is 2.48. The van der Waals surface area contributed by atoms with Crippen LogP contribution >= 0.6 is 24.0 Å². The molecule has 182 valence electrons. The van der Waals surface area contributed by atoms with Gasteiger partial charge in [-0.05, 0) is 48.7 Å². The first-order valence-corrected chi connectivity index (χ1v) is 10.5. The van der Waals surface area contributed by atoms with E-state index in [-0.39, 0.29) is 35.8 Å². The molecule has 33 heavy (non-hydrogen) atoms. The lowest BCUT2D eigenvalue weighted by atomic mass is 10.1. The van der Waals surface area contributed by atoms with Crippen molar-refractivity contribution in [3.05, 3.63) is 48.0 Å². The molecule has 0 bridgehead atoms. The fourth-order valence-corrected chi connectivity index (χ4v) is 3.79. The molecule has 2 aromatic rings. The number of methoxy groups -OCH3 is 2. The Balaban J connectivity index is 0.00000385. The molecule has 0 saturated carbocycles. The summed E-state index contributed by atoms with van der Waals surface area (Å²) >= 11 is 0. The van der Waals surface area contributed by atoms with Gasteiger partial charge >= 0.3 is 6.61 Å². The van der Waals surface area contributed by atoms with Gasteiger partial charge in [0.15, 0.2) is 5.96 Å². The zero-order valence-electron chi connectivity index (χ0n) is 19.0. The molecule has 2 aromatic carbocycles. The molecule has 1 aliphatic rings. The van der Waals surface area contributed by atoms with Crippen molar-refractivity contribution in [3.8, 4) is 17.2 Å². The SMILES string of the molecule is CN=C(NCCc1cc(OC)ccc1OC)NC1CCN(c2ccccc2OC(F)F)C1.I. The third-order valence-electron chi connectivity index (χ3n) is 5.35. The number of hydrogen-bond donors (Lipinski definition) is 2. The highest BCUT2D eigenvalue weighted by atomic mass is 127. The molecule has 1 fully saturated rings. The Hall–Kier alpha value is -2.50. The predicted molar refractivity (Wildman–Crippen MR) is 137 cm³/mol. The van der Waals surface area contributed by atoms with Gasteiger partial charge in [0.2, 0.25) is 0 Å². The first-order chi connectivity index (χ1) is 15.5. The summed E-state index contributed by atoms with van der Waals surface area (Å²) < 4.78 is 40.8. The van der Waals surface area contributed by atoms with Crippen LogP contribution < -0.4 is 29.7 Å². The number of nitrogens with one attached hydrogen (secondary N) is 2. The van der Waals surface area contributed by atoms with Gasteiger partial charge in [0.1, 0.15) is 17.2 Å². The van der Waals surface area contributed by atoms with Crippen LogP contribution in [-0.2, 0) is 6.42 Å². The summed E-state index contributed by atoms with van der Waals surface area (Å²) in [7, 11) is 5.01. The number of anilines is 1. The van der Waals surface area contributed by atoms with Gasteiger partial charge in [0, 0.05) is 32.7 Å². The minimum atomic E-state index is -2.85. The average Bonchev–Trinajstić information content (AvgIpc) is 3.26. The van der Waals surface area contributed by atoms with Crippen LogP contribution in [0.2, 0.25) is 0 Å². The summed E-state index contributed by atoms with van der Waals surface area (Å²) in [6, 6.07) is 12.7. The summed E-state index contributed by atoms with van der Waals surface area (Å²) in [4.78, 5) is 6.36. The van der Waals surface area contributed by atoms with Gasteiger partial charge in [0.25, 0.3) is 0 Å². The maximum Gasteiger partial charge on any atom is 0.387 e. The van der Waals surface area contributed by atoms with E-state index < -0.39 is 6.61 Å². The lowest BCUT2D eigenvalue weighted by Crippen LogP contribution is -2.45. The predicted octanol–water partition coefficient (Wildman–Crippen LogP) is 3.91. The van der Waals surface area contributed by atoms with Crippen molar-refractivity contribution in [2.75, 3.05) is 45.8 Å². The molecule has 1 atom stereocenters. The van der Waals surface area contributed by atoms with E-state index >= 15 is 0 Å². The molecule has 10 heteroatoms. The second-order valence-corrected chi connectivity index (χ2v) is 7.35. The lowest BCUT2D eigenvalue weighted by Gasteiger charge is -2.22. The maximum absolute atomic E-state index is 12.7. The first-order valence-electron chi connectivity index (χ1n) is 10.5. The number of ether oxygens (including phenoxy) is 3. The molecule has 7 nitrogen and oxygen atoms in total. The third kappa shape index (κ3) is 7.51. The minimum Gasteiger partial charge on any atom is -0.497 e.